The van der Waals surface area contributed by atoms with Crippen LogP contribution in [0.5, 0.6) is 5.75 Å². The molecule has 1 aliphatic heterocycles. The fourth-order valence-corrected chi connectivity index (χ4v) is 3.22. The number of anilines is 1. The van der Waals surface area contributed by atoms with Gasteiger partial charge in [-0.25, -0.2) is 9.78 Å². The lowest BCUT2D eigenvalue weighted by Crippen LogP contribution is -2.35. The molecule has 1 aliphatic rings. The van der Waals surface area contributed by atoms with E-state index >= 15 is 0 Å². The lowest BCUT2D eigenvalue weighted by atomic mass is 10.0. The summed E-state index contributed by atoms with van der Waals surface area (Å²) in [5, 5.41) is 8.96. The summed E-state index contributed by atoms with van der Waals surface area (Å²) in [6.07, 6.45) is 0.647. The summed E-state index contributed by atoms with van der Waals surface area (Å²) >= 11 is 6.16. The van der Waals surface area contributed by atoms with Gasteiger partial charge in [-0.15, -0.1) is 0 Å². The number of hydrogen-bond acceptors (Lipinski definition) is 4. The molecular weight excluding hydrogens is 368 g/mol. The number of carbonyl (C=O) groups is 2. The number of aromatic nitrogens is 1. The molecule has 7 nitrogen and oxygen atoms in total. The minimum Gasteiger partial charge on any atom is -0.492 e. The second-order valence-electron chi connectivity index (χ2n) is 6.32. The Morgan fingerprint density at radius 1 is 1.26 bits per heavy atom. The van der Waals surface area contributed by atoms with Crippen LogP contribution in [-0.2, 0) is 4.79 Å². The Labute approximate surface area is 162 Å². The monoisotopic (exact) mass is 388 g/mol. The van der Waals surface area contributed by atoms with Gasteiger partial charge in [0, 0.05) is 18.9 Å². The SMILES string of the molecule is CC(=O)N[C@H](C)c1cccc(NC(=O)NC2CCOc3c(Cl)cccc32)n1. The summed E-state index contributed by atoms with van der Waals surface area (Å²) in [5.74, 6) is 0.873. The second kappa shape index (κ2) is 8.26. The summed E-state index contributed by atoms with van der Waals surface area (Å²) in [5.41, 5.74) is 1.51. The summed E-state index contributed by atoms with van der Waals surface area (Å²) in [6.45, 7) is 3.75. The average Bonchev–Trinajstić information content (AvgIpc) is 2.62. The number of carbonyl (C=O) groups excluding carboxylic acids is 2. The van der Waals surface area contributed by atoms with Crippen LogP contribution in [0.2, 0.25) is 5.02 Å². The molecule has 8 heteroatoms. The number of benzene rings is 1. The normalized spacial score (nSPS) is 16.5. The second-order valence-corrected chi connectivity index (χ2v) is 6.72. The van der Waals surface area contributed by atoms with E-state index in [1.807, 2.05) is 19.1 Å². The standard InChI is InChI=1S/C19H21ClN4O3/c1-11(21-12(2)25)15-7-4-8-17(22-15)24-19(26)23-16-9-10-27-18-13(16)5-3-6-14(18)20/h3-8,11,16H,9-10H2,1-2H3,(H,21,25)(H2,22,23,24,26)/t11-,16?/m1/s1. The molecule has 0 saturated carbocycles. The van der Waals surface area contributed by atoms with Crippen LogP contribution in [0, 0.1) is 0 Å². The van der Waals surface area contributed by atoms with Crippen molar-refractivity contribution < 1.29 is 14.3 Å². The van der Waals surface area contributed by atoms with Crippen LogP contribution >= 0.6 is 11.6 Å². The zero-order valence-corrected chi connectivity index (χ0v) is 15.8. The van der Waals surface area contributed by atoms with Gasteiger partial charge in [0.1, 0.15) is 11.6 Å². The molecule has 2 aromatic rings. The Hall–Kier alpha value is -2.80. The predicted molar refractivity (Wildman–Crippen MR) is 103 cm³/mol. The van der Waals surface area contributed by atoms with Gasteiger partial charge in [-0.2, -0.15) is 0 Å². The third-order valence-corrected chi connectivity index (χ3v) is 4.50. The van der Waals surface area contributed by atoms with Crippen LogP contribution in [-0.4, -0.2) is 23.5 Å². The molecule has 1 aromatic heterocycles. The highest BCUT2D eigenvalue weighted by atomic mass is 35.5. The van der Waals surface area contributed by atoms with Crippen molar-refractivity contribution in [3.63, 3.8) is 0 Å². The highest BCUT2D eigenvalue weighted by Gasteiger charge is 2.24. The number of halogens is 1. The van der Waals surface area contributed by atoms with E-state index in [2.05, 4.69) is 20.9 Å². The number of rotatable bonds is 4. The minimum atomic E-state index is -0.371. The summed E-state index contributed by atoms with van der Waals surface area (Å²) in [4.78, 5) is 28.0. The van der Waals surface area contributed by atoms with Crippen molar-refractivity contribution in [3.05, 3.63) is 52.7 Å². The lowest BCUT2D eigenvalue weighted by Gasteiger charge is -2.27. The Kier molecular flexibility index (Phi) is 5.81. The highest BCUT2D eigenvalue weighted by molar-refractivity contribution is 6.32. The number of para-hydroxylation sites is 1. The van der Waals surface area contributed by atoms with Gasteiger partial charge in [-0.05, 0) is 25.1 Å². The maximum Gasteiger partial charge on any atom is 0.320 e. The fourth-order valence-electron chi connectivity index (χ4n) is 2.99. The lowest BCUT2D eigenvalue weighted by molar-refractivity contribution is -0.119. The zero-order chi connectivity index (χ0) is 19.4. The molecule has 27 heavy (non-hydrogen) atoms. The molecular formula is C19H21ClN4O3. The third kappa shape index (κ3) is 4.68. The van der Waals surface area contributed by atoms with Crippen LogP contribution in [0.15, 0.2) is 36.4 Å². The molecule has 2 heterocycles. The molecule has 0 bridgehead atoms. The molecule has 0 fully saturated rings. The molecule has 3 N–H and O–H groups in total. The molecule has 1 unspecified atom stereocenters. The highest BCUT2D eigenvalue weighted by Crippen LogP contribution is 2.37. The largest absolute Gasteiger partial charge is 0.492 e. The molecule has 0 spiro atoms. The maximum absolute atomic E-state index is 12.4. The third-order valence-electron chi connectivity index (χ3n) is 4.21. The van der Waals surface area contributed by atoms with Crippen LogP contribution in [0.25, 0.3) is 0 Å². The van der Waals surface area contributed by atoms with Gasteiger partial charge in [-0.3, -0.25) is 10.1 Å². The van der Waals surface area contributed by atoms with Crippen molar-refractivity contribution in [2.24, 2.45) is 0 Å². The molecule has 0 aliphatic carbocycles. The van der Waals surface area contributed by atoms with Gasteiger partial charge < -0.3 is 15.4 Å². The van der Waals surface area contributed by atoms with E-state index in [1.54, 1.807) is 24.3 Å². The Morgan fingerprint density at radius 3 is 2.81 bits per heavy atom. The molecule has 1 aromatic carbocycles. The molecule has 3 amide bonds. The number of pyridine rings is 1. The number of urea groups is 1. The van der Waals surface area contributed by atoms with E-state index in [-0.39, 0.29) is 24.0 Å². The van der Waals surface area contributed by atoms with Crippen molar-refractivity contribution in [3.8, 4) is 5.75 Å². The van der Waals surface area contributed by atoms with Crippen molar-refractivity contribution in [2.45, 2.75) is 32.4 Å². The first-order chi connectivity index (χ1) is 12.9. The van der Waals surface area contributed by atoms with Gasteiger partial charge in [0.25, 0.3) is 0 Å². The summed E-state index contributed by atoms with van der Waals surface area (Å²) in [7, 11) is 0. The first-order valence-corrected chi connectivity index (χ1v) is 9.04. The van der Waals surface area contributed by atoms with Crippen LogP contribution in [0.1, 0.15) is 43.6 Å². The summed E-state index contributed by atoms with van der Waals surface area (Å²) in [6, 6.07) is 9.92. The van der Waals surface area contributed by atoms with Crippen molar-refractivity contribution in [1.82, 2.24) is 15.6 Å². The number of fused-ring (bicyclic) bond motifs is 1. The fraction of sp³-hybridized carbons (Fsp3) is 0.316. The summed E-state index contributed by atoms with van der Waals surface area (Å²) < 4.78 is 5.61. The van der Waals surface area contributed by atoms with Gasteiger partial charge >= 0.3 is 6.03 Å². The van der Waals surface area contributed by atoms with Gasteiger partial charge in [0.15, 0.2) is 0 Å². The quantitative estimate of drug-likeness (QED) is 0.746. The van der Waals surface area contributed by atoms with Gasteiger partial charge in [0.05, 0.1) is 29.4 Å². The molecule has 3 rings (SSSR count). The molecule has 0 radical (unpaired) electrons. The van der Waals surface area contributed by atoms with E-state index in [1.165, 1.54) is 6.92 Å². The molecule has 142 valence electrons. The van der Waals surface area contributed by atoms with E-state index < -0.39 is 0 Å². The minimum absolute atomic E-state index is 0.141. The van der Waals surface area contributed by atoms with Crippen LogP contribution in [0.3, 0.4) is 0 Å². The molecule has 0 saturated heterocycles. The van der Waals surface area contributed by atoms with Crippen LogP contribution < -0.4 is 20.7 Å². The maximum atomic E-state index is 12.4. The Bertz CT molecular complexity index is 859. The average molecular weight is 389 g/mol. The smallest absolute Gasteiger partial charge is 0.320 e. The van der Waals surface area contributed by atoms with Crippen molar-refractivity contribution >= 4 is 29.4 Å². The van der Waals surface area contributed by atoms with Gasteiger partial charge in [-0.1, -0.05) is 29.8 Å². The first-order valence-electron chi connectivity index (χ1n) is 8.67. The zero-order valence-electron chi connectivity index (χ0n) is 15.1. The van der Waals surface area contributed by atoms with Crippen molar-refractivity contribution in [2.75, 3.05) is 11.9 Å². The van der Waals surface area contributed by atoms with E-state index in [0.717, 1.165) is 5.56 Å². The number of ether oxygens (including phenoxy) is 1. The van der Waals surface area contributed by atoms with E-state index in [4.69, 9.17) is 16.3 Å². The number of nitrogens with one attached hydrogen (secondary N) is 3. The predicted octanol–water partition coefficient (Wildman–Crippen LogP) is 3.58. The van der Waals surface area contributed by atoms with Crippen LogP contribution in [0.4, 0.5) is 10.6 Å². The van der Waals surface area contributed by atoms with E-state index in [0.29, 0.717) is 35.3 Å². The Morgan fingerprint density at radius 2 is 2.04 bits per heavy atom. The number of hydrogen-bond donors (Lipinski definition) is 3. The van der Waals surface area contributed by atoms with Gasteiger partial charge in [0.2, 0.25) is 5.91 Å². The van der Waals surface area contributed by atoms with E-state index in [9.17, 15) is 9.59 Å². The first kappa shape index (κ1) is 19.0. The number of amides is 3. The topological polar surface area (TPSA) is 92.4 Å². The number of nitrogens with zero attached hydrogens (tertiary/aromatic N) is 1. The Balaban J connectivity index is 1.67. The van der Waals surface area contributed by atoms with Crippen molar-refractivity contribution in [1.29, 1.82) is 0 Å². The molecule has 2 atom stereocenters.